The minimum absolute atomic E-state index is 0.000675. The van der Waals surface area contributed by atoms with Crippen molar-refractivity contribution in [2.45, 2.75) is 32.7 Å². The summed E-state index contributed by atoms with van der Waals surface area (Å²) in [5.74, 6) is -0.470. The molecule has 0 aromatic carbocycles. The number of anilines is 1. The van der Waals surface area contributed by atoms with Crippen LogP contribution in [0, 0.1) is 5.95 Å². The van der Waals surface area contributed by atoms with Gasteiger partial charge in [0.05, 0.1) is 17.6 Å². The van der Waals surface area contributed by atoms with Gasteiger partial charge < -0.3 is 5.32 Å². The molecule has 0 fully saturated rings. The molecule has 0 saturated heterocycles. The Morgan fingerprint density at radius 1 is 1.32 bits per heavy atom. The molecular weight excluding hydrogens is 243 g/mol. The number of hydrogen-bond donors (Lipinski definition) is 1. The molecule has 0 aliphatic carbocycles. The SMILES string of the molecule is Cn1cc(CNc2ccc(F)nc2)c(C(C)(C)C)n1. The van der Waals surface area contributed by atoms with E-state index >= 15 is 0 Å². The fourth-order valence-electron chi connectivity index (χ4n) is 1.98. The van der Waals surface area contributed by atoms with Gasteiger partial charge in [0, 0.05) is 30.8 Å². The van der Waals surface area contributed by atoms with Crippen molar-refractivity contribution in [3.8, 4) is 0 Å². The summed E-state index contributed by atoms with van der Waals surface area (Å²) in [6, 6.07) is 3.02. The van der Waals surface area contributed by atoms with Gasteiger partial charge in [0.25, 0.3) is 0 Å². The van der Waals surface area contributed by atoms with E-state index in [0.717, 1.165) is 16.9 Å². The molecule has 0 atom stereocenters. The molecule has 0 radical (unpaired) electrons. The smallest absolute Gasteiger partial charge is 0.212 e. The van der Waals surface area contributed by atoms with E-state index in [1.54, 1.807) is 6.07 Å². The van der Waals surface area contributed by atoms with Crippen molar-refractivity contribution >= 4 is 5.69 Å². The summed E-state index contributed by atoms with van der Waals surface area (Å²) in [4.78, 5) is 3.62. The molecule has 0 saturated carbocycles. The molecule has 0 bridgehead atoms. The summed E-state index contributed by atoms with van der Waals surface area (Å²) in [6.07, 6.45) is 3.49. The molecule has 0 aliphatic rings. The highest BCUT2D eigenvalue weighted by Gasteiger charge is 2.21. The van der Waals surface area contributed by atoms with E-state index in [9.17, 15) is 4.39 Å². The monoisotopic (exact) mass is 262 g/mol. The highest BCUT2D eigenvalue weighted by Crippen LogP contribution is 2.24. The van der Waals surface area contributed by atoms with E-state index in [1.165, 1.54) is 12.3 Å². The second-order valence-electron chi connectivity index (χ2n) is 5.65. The predicted molar refractivity (Wildman–Crippen MR) is 73.4 cm³/mol. The van der Waals surface area contributed by atoms with Crippen molar-refractivity contribution in [2.75, 3.05) is 5.32 Å². The molecule has 0 unspecified atom stereocenters. The molecule has 5 heteroatoms. The molecular formula is C14H19FN4. The zero-order valence-electron chi connectivity index (χ0n) is 11.7. The Morgan fingerprint density at radius 3 is 2.63 bits per heavy atom. The van der Waals surface area contributed by atoms with E-state index in [0.29, 0.717) is 6.54 Å². The van der Waals surface area contributed by atoms with E-state index in [-0.39, 0.29) is 5.41 Å². The van der Waals surface area contributed by atoms with Gasteiger partial charge in [-0.3, -0.25) is 4.68 Å². The standard InChI is InChI=1S/C14H19FN4/c1-14(2,3)13-10(9-19(4)18-13)7-16-11-5-6-12(15)17-8-11/h5-6,8-9,16H,7H2,1-4H3. The maximum absolute atomic E-state index is 12.7. The number of nitrogens with zero attached hydrogens (tertiary/aromatic N) is 3. The van der Waals surface area contributed by atoms with Gasteiger partial charge in [-0.2, -0.15) is 9.49 Å². The summed E-state index contributed by atoms with van der Waals surface area (Å²) in [7, 11) is 1.91. The Hall–Kier alpha value is -1.91. The van der Waals surface area contributed by atoms with Crippen LogP contribution in [0.5, 0.6) is 0 Å². The molecule has 2 heterocycles. The van der Waals surface area contributed by atoms with E-state index < -0.39 is 5.95 Å². The second-order valence-corrected chi connectivity index (χ2v) is 5.65. The average molecular weight is 262 g/mol. The van der Waals surface area contributed by atoms with Crippen LogP contribution in [0.25, 0.3) is 0 Å². The molecule has 2 aromatic rings. The van der Waals surface area contributed by atoms with E-state index in [1.807, 2.05) is 17.9 Å². The van der Waals surface area contributed by atoms with Crippen molar-refractivity contribution in [1.29, 1.82) is 0 Å². The number of rotatable bonds is 3. The normalized spacial score (nSPS) is 11.6. The molecule has 0 aliphatic heterocycles. The van der Waals surface area contributed by atoms with Gasteiger partial charge in [0.1, 0.15) is 0 Å². The molecule has 1 N–H and O–H groups in total. The quantitative estimate of drug-likeness (QED) is 0.865. The molecule has 2 rings (SSSR count). The lowest BCUT2D eigenvalue weighted by Gasteiger charge is -2.17. The van der Waals surface area contributed by atoms with Gasteiger partial charge in [-0.1, -0.05) is 20.8 Å². The Balaban J connectivity index is 2.13. The minimum Gasteiger partial charge on any atom is -0.380 e. The third kappa shape index (κ3) is 3.30. The minimum atomic E-state index is -0.470. The number of nitrogens with one attached hydrogen (secondary N) is 1. The van der Waals surface area contributed by atoms with Crippen LogP contribution in [0.3, 0.4) is 0 Å². The number of hydrogen-bond acceptors (Lipinski definition) is 3. The predicted octanol–water partition coefficient (Wildman–Crippen LogP) is 2.86. The van der Waals surface area contributed by atoms with Gasteiger partial charge in [0.15, 0.2) is 0 Å². The number of halogens is 1. The molecule has 0 amide bonds. The lowest BCUT2D eigenvalue weighted by Crippen LogP contribution is -2.16. The first-order chi connectivity index (χ1) is 8.86. The number of pyridine rings is 1. The van der Waals surface area contributed by atoms with Crippen LogP contribution < -0.4 is 5.32 Å². The van der Waals surface area contributed by atoms with Gasteiger partial charge in [-0.15, -0.1) is 0 Å². The summed E-state index contributed by atoms with van der Waals surface area (Å²) < 4.78 is 14.5. The summed E-state index contributed by atoms with van der Waals surface area (Å²) in [6.45, 7) is 7.06. The van der Waals surface area contributed by atoms with Crippen LogP contribution in [-0.2, 0) is 19.0 Å². The first-order valence-corrected chi connectivity index (χ1v) is 6.24. The van der Waals surface area contributed by atoms with E-state index in [4.69, 9.17) is 0 Å². The Bertz CT molecular complexity index is 552. The zero-order chi connectivity index (χ0) is 14.0. The molecule has 4 nitrogen and oxygen atoms in total. The van der Waals surface area contributed by atoms with Crippen LogP contribution in [0.2, 0.25) is 0 Å². The zero-order valence-corrected chi connectivity index (χ0v) is 11.7. The van der Waals surface area contributed by atoms with Crippen LogP contribution in [0.1, 0.15) is 32.0 Å². The Labute approximate surface area is 112 Å². The van der Waals surface area contributed by atoms with Crippen molar-refractivity contribution in [3.63, 3.8) is 0 Å². The van der Waals surface area contributed by atoms with Gasteiger partial charge in [-0.05, 0) is 12.1 Å². The average Bonchev–Trinajstić information content (AvgIpc) is 2.70. The lowest BCUT2D eigenvalue weighted by atomic mass is 9.89. The van der Waals surface area contributed by atoms with Crippen molar-refractivity contribution < 1.29 is 4.39 Å². The summed E-state index contributed by atoms with van der Waals surface area (Å²) in [5.41, 5.74) is 3.00. The lowest BCUT2D eigenvalue weighted by molar-refractivity contribution is 0.549. The molecule has 19 heavy (non-hydrogen) atoms. The third-order valence-corrected chi connectivity index (χ3v) is 2.83. The summed E-state index contributed by atoms with van der Waals surface area (Å²) in [5, 5.41) is 7.74. The number of aromatic nitrogens is 3. The van der Waals surface area contributed by atoms with Crippen molar-refractivity contribution in [2.24, 2.45) is 7.05 Å². The maximum Gasteiger partial charge on any atom is 0.212 e. The van der Waals surface area contributed by atoms with Crippen LogP contribution in [0.4, 0.5) is 10.1 Å². The molecule has 102 valence electrons. The van der Waals surface area contributed by atoms with Crippen LogP contribution >= 0.6 is 0 Å². The highest BCUT2D eigenvalue weighted by molar-refractivity contribution is 5.41. The van der Waals surface area contributed by atoms with Crippen LogP contribution in [0.15, 0.2) is 24.5 Å². The first kappa shape index (κ1) is 13.5. The van der Waals surface area contributed by atoms with E-state index in [2.05, 4.69) is 36.2 Å². The summed E-state index contributed by atoms with van der Waals surface area (Å²) >= 11 is 0. The van der Waals surface area contributed by atoms with Gasteiger partial charge >= 0.3 is 0 Å². The molecule has 0 spiro atoms. The van der Waals surface area contributed by atoms with Gasteiger partial charge in [0.2, 0.25) is 5.95 Å². The highest BCUT2D eigenvalue weighted by atomic mass is 19.1. The van der Waals surface area contributed by atoms with Gasteiger partial charge in [-0.25, -0.2) is 4.98 Å². The second kappa shape index (κ2) is 4.99. The Kier molecular flexibility index (Phi) is 3.55. The number of aryl methyl sites for hydroxylation is 1. The topological polar surface area (TPSA) is 42.7 Å². The largest absolute Gasteiger partial charge is 0.380 e. The fourth-order valence-corrected chi connectivity index (χ4v) is 1.98. The van der Waals surface area contributed by atoms with Crippen molar-refractivity contribution in [1.82, 2.24) is 14.8 Å². The maximum atomic E-state index is 12.7. The van der Waals surface area contributed by atoms with Crippen LogP contribution in [-0.4, -0.2) is 14.8 Å². The first-order valence-electron chi connectivity index (χ1n) is 6.24. The third-order valence-electron chi connectivity index (χ3n) is 2.83. The Morgan fingerprint density at radius 2 is 2.05 bits per heavy atom. The molecule has 2 aromatic heterocycles. The fraction of sp³-hybridized carbons (Fsp3) is 0.429. The van der Waals surface area contributed by atoms with Crippen molar-refractivity contribution in [3.05, 3.63) is 41.7 Å².